The molecule has 5 aliphatic rings. The molecule has 0 aliphatic heterocycles. The van der Waals surface area contributed by atoms with Crippen molar-refractivity contribution < 1.29 is 19.8 Å². The molecular weight excluding hydrogens is 496 g/mol. The Hall–Kier alpha value is -1.84. The summed E-state index contributed by atoms with van der Waals surface area (Å²) in [7, 11) is 0. The van der Waals surface area contributed by atoms with Crippen LogP contribution in [-0.4, -0.2) is 22.2 Å². The van der Waals surface area contributed by atoms with Crippen LogP contribution in [0.25, 0.3) is 0 Å². The van der Waals surface area contributed by atoms with E-state index in [-0.39, 0.29) is 5.41 Å². The van der Waals surface area contributed by atoms with Crippen molar-refractivity contribution in [3.05, 3.63) is 35.4 Å². The standard InChI is InChI=1S/C33H46O4.C3H8/c1-30(2)23(20-7-5-8-21(19-20)28(34)35)12-16-32(4)26(30)14-17-31(3)24-13-18-33(29(36)37)15-6-9-25(33)22(24)10-11-27(31)32;1-3-2/h5,7-8,19,22-27H,6,9-18H2,1-4H3,(H,34,35)(H,36,37);3H2,1-2H3. The second-order valence-corrected chi connectivity index (χ2v) is 15.6. The van der Waals surface area contributed by atoms with Gasteiger partial charge in [-0.25, -0.2) is 4.79 Å². The first kappa shape index (κ1) is 29.6. The molecule has 0 bridgehead atoms. The molecule has 0 saturated heterocycles. The first-order valence-electron chi connectivity index (χ1n) is 16.4. The normalized spacial score (nSPS) is 43.1. The molecule has 6 rings (SSSR count). The molecular formula is C36H54O4. The third-order valence-electron chi connectivity index (χ3n) is 13.5. The highest BCUT2D eigenvalue weighted by Gasteiger charge is 2.67. The van der Waals surface area contributed by atoms with Crippen LogP contribution < -0.4 is 0 Å². The van der Waals surface area contributed by atoms with Crippen LogP contribution in [0.3, 0.4) is 0 Å². The number of hydrogen-bond donors (Lipinski definition) is 2. The number of carboxylic acid groups (broad SMARTS) is 2. The van der Waals surface area contributed by atoms with E-state index in [0.717, 1.165) is 38.5 Å². The number of rotatable bonds is 3. The smallest absolute Gasteiger partial charge is 0.335 e. The summed E-state index contributed by atoms with van der Waals surface area (Å²) in [6, 6.07) is 7.71. The van der Waals surface area contributed by atoms with E-state index in [1.807, 2.05) is 12.1 Å². The summed E-state index contributed by atoms with van der Waals surface area (Å²) in [4.78, 5) is 24.2. The van der Waals surface area contributed by atoms with Gasteiger partial charge in [0.2, 0.25) is 0 Å². The molecule has 40 heavy (non-hydrogen) atoms. The van der Waals surface area contributed by atoms with Gasteiger partial charge in [0.05, 0.1) is 11.0 Å². The molecule has 5 aliphatic carbocycles. The zero-order valence-corrected chi connectivity index (χ0v) is 26.0. The molecule has 0 spiro atoms. The van der Waals surface area contributed by atoms with Gasteiger partial charge in [0.1, 0.15) is 0 Å². The molecule has 0 aromatic heterocycles. The second-order valence-electron chi connectivity index (χ2n) is 15.6. The van der Waals surface area contributed by atoms with Gasteiger partial charge >= 0.3 is 11.9 Å². The monoisotopic (exact) mass is 550 g/mol. The molecule has 5 saturated carbocycles. The van der Waals surface area contributed by atoms with E-state index < -0.39 is 17.4 Å². The second kappa shape index (κ2) is 10.5. The largest absolute Gasteiger partial charge is 0.481 e. The van der Waals surface area contributed by atoms with Crippen molar-refractivity contribution in [3.63, 3.8) is 0 Å². The Morgan fingerprint density at radius 2 is 1.50 bits per heavy atom. The van der Waals surface area contributed by atoms with Crippen LogP contribution in [0.1, 0.15) is 140 Å². The lowest BCUT2D eigenvalue weighted by molar-refractivity contribution is -0.203. The number of hydrogen-bond acceptors (Lipinski definition) is 2. The molecule has 0 radical (unpaired) electrons. The molecule has 4 heteroatoms. The lowest BCUT2D eigenvalue weighted by Gasteiger charge is -2.69. The minimum atomic E-state index is -0.841. The summed E-state index contributed by atoms with van der Waals surface area (Å²) in [5.74, 6) is 2.01. The summed E-state index contributed by atoms with van der Waals surface area (Å²) in [5.41, 5.74) is 1.88. The fourth-order valence-corrected chi connectivity index (χ4v) is 12.1. The van der Waals surface area contributed by atoms with E-state index in [0.29, 0.717) is 51.9 Å². The first-order valence-corrected chi connectivity index (χ1v) is 16.4. The van der Waals surface area contributed by atoms with Crippen LogP contribution in [0.15, 0.2) is 24.3 Å². The summed E-state index contributed by atoms with van der Waals surface area (Å²) in [5, 5.41) is 19.9. The van der Waals surface area contributed by atoms with Crippen molar-refractivity contribution in [2.75, 3.05) is 0 Å². The zero-order chi connectivity index (χ0) is 29.1. The first-order chi connectivity index (χ1) is 18.9. The molecule has 5 fully saturated rings. The van der Waals surface area contributed by atoms with Crippen molar-refractivity contribution in [2.24, 2.45) is 51.2 Å². The van der Waals surface area contributed by atoms with Gasteiger partial charge < -0.3 is 10.2 Å². The minimum Gasteiger partial charge on any atom is -0.481 e. The van der Waals surface area contributed by atoms with Crippen molar-refractivity contribution in [2.45, 2.75) is 125 Å². The minimum absolute atomic E-state index is 0.110. The average Bonchev–Trinajstić information content (AvgIpc) is 3.35. The molecule has 4 nitrogen and oxygen atoms in total. The molecule has 9 atom stereocenters. The third-order valence-corrected chi connectivity index (χ3v) is 13.5. The van der Waals surface area contributed by atoms with Gasteiger partial charge in [-0.05, 0) is 134 Å². The summed E-state index contributed by atoms with van der Waals surface area (Å²) >= 11 is 0. The van der Waals surface area contributed by atoms with Crippen LogP contribution in [-0.2, 0) is 4.79 Å². The predicted octanol–water partition coefficient (Wildman–Crippen LogP) is 9.43. The summed E-state index contributed by atoms with van der Waals surface area (Å²) in [6.07, 6.45) is 13.7. The number of carbonyl (C=O) groups is 2. The molecule has 222 valence electrons. The molecule has 2 N–H and O–H groups in total. The van der Waals surface area contributed by atoms with Gasteiger partial charge in [-0.15, -0.1) is 0 Å². The van der Waals surface area contributed by atoms with E-state index in [9.17, 15) is 19.8 Å². The Balaban J connectivity index is 0.00000103. The van der Waals surface area contributed by atoms with Crippen LogP contribution in [0.5, 0.6) is 0 Å². The highest BCUT2D eigenvalue weighted by Crippen LogP contribution is 2.74. The fraction of sp³-hybridized carbons (Fsp3) is 0.778. The zero-order valence-electron chi connectivity index (χ0n) is 26.0. The SMILES string of the molecule is CC1(C)C(c2cccc(C(=O)O)c2)CCC2(C)C1CCC1(C)C3CCC4(C(=O)O)CCCC4C3CCC12.CCC. The third kappa shape index (κ3) is 4.28. The molecule has 9 unspecified atom stereocenters. The molecule has 1 aromatic rings. The van der Waals surface area contributed by atoms with Gasteiger partial charge in [-0.3, -0.25) is 4.79 Å². The Bertz CT molecular complexity index is 1120. The van der Waals surface area contributed by atoms with Gasteiger partial charge in [0, 0.05) is 0 Å². The Kier molecular flexibility index (Phi) is 7.75. The van der Waals surface area contributed by atoms with Gasteiger partial charge in [-0.2, -0.15) is 0 Å². The summed E-state index contributed by atoms with van der Waals surface area (Å²) < 4.78 is 0. The number of fused-ring (bicyclic) bond motifs is 7. The van der Waals surface area contributed by atoms with Crippen LogP contribution in [0, 0.1) is 51.2 Å². The highest BCUT2D eigenvalue weighted by atomic mass is 16.4. The summed E-state index contributed by atoms with van der Waals surface area (Å²) in [6.45, 7) is 14.4. The molecule has 0 amide bonds. The number of benzene rings is 1. The van der Waals surface area contributed by atoms with E-state index >= 15 is 0 Å². The lowest BCUT2D eigenvalue weighted by Crippen LogP contribution is -2.62. The van der Waals surface area contributed by atoms with Gasteiger partial charge in [-0.1, -0.05) is 66.5 Å². The Morgan fingerprint density at radius 1 is 0.800 bits per heavy atom. The topological polar surface area (TPSA) is 74.6 Å². The maximum atomic E-state index is 12.5. The van der Waals surface area contributed by atoms with Crippen LogP contribution >= 0.6 is 0 Å². The average molecular weight is 551 g/mol. The van der Waals surface area contributed by atoms with Crippen molar-refractivity contribution >= 4 is 11.9 Å². The maximum absolute atomic E-state index is 12.5. The lowest BCUT2D eigenvalue weighted by atomic mass is 9.35. The molecule has 1 aromatic carbocycles. The maximum Gasteiger partial charge on any atom is 0.335 e. The fourth-order valence-electron chi connectivity index (χ4n) is 12.1. The van der Waals surface area contributed by atoms with Crippen molar-refractivity contribution in [1.29, 1.82) is 0 Å². The van der Waals surface area contributed by atoms with Crippen molar-refractivity contribution in [1.82, 2.24) is 0 Å². The van der Waals surface area contributed by atoms with E-state index in [1.165, 1.54) is 44.1 Å². The van der Waals surface area contributed by atoms with Gasteiger partial charge in [0.15, 0.2) is 0 Å². The number of aromatic carboxylic acids is 1. The van der Waals surface area contributed by atoms with Crippen molar-refractivity contribution in [3.8, 4) is 0 Å². The molecule has 0 heterocycles. The number of carboxylic acids is 2. The Morgan fingerprint density at radius 3 is 2.17 bits per heavy atom. The number of aliphatic carboxylic acids is 1. The van der Waals surface area contributed by atoms with E-state index in [4.69, 9.17) is 0 Å². The quantitative estimate of drug-likeness (QED) is 0.393. The van der Waals surface area contributed by atoms with Gasteiger partial charge in [0.25, 0.3) is 0 Å². The highest BCUT2D eigenvalue weighted by molar-refractivity contribution is 5.87. The van der Waals surface area contributed by atoms with Crippen LogP contribution in [0.2, 0.25) is 0 Å². The van der Waals surface area contributed by atoms with Crippen LogP contribution in [0.4, 0.5) is 0 Å². The van der Waals surface area contributed by atoms with E-state index in [2.05, 4.69) is 47.6 Å². The van der Waals surface area contributed by atoms with E-state index in [1.54, 1.807) is 6.07 Å². The Labute approximate surface area is 242 Å². The predicted molar refractivity (Wildman–Crippen MR) is 160 cm³/mol.